The van der Waals surface area contributed by atoms with Gasteiger partial charge in [0.15, 0.2) is 0 Å². The first kappa shape index (κ1) is 11.1. The van der Waals surface area contributed by atoms with Crippen LogP contribution in [0.25, 0.3) is 0 Å². The number of ether oxygens (including phenoxy) is 1. The van der Waals surface area contributed by atoms with Gasteiger partial charge in [-0.25, -0.2) is 0 Å². The van der Waals surface area contributed by atoms with Gasteiger partial charge in [-0.3, -0.25) is 4.79 Å². The van der Waals surface area contributed by atoms with Crippen LogP contribution in [-0.4, -0.2) is 19.1 Å². The molecule has 1 atom stereocenters. The highest BCUT2D eigenvalue weighted by molar-refractivity contribution is 5.78. The summed E-state index contributed by atoms with van der Waals surface area (Å²) < 4.78 is 5.58. The first-order valence-corrected chi connectivity index (χ1v) is 5.73. The van der Waals surface area contributed by atoms with E-state index >= 15 is 0 Å². The standard InChI is InChI=1S/C13H17NO2/c15-13-8-12(9-14-13)6-7-16-10-11-4-2-1-3-5-11/h1-5,12H,6-10H2,(H,14,15)/t12-/m0/s1. The number of hydrogen-bond donors (Lipinski definition) is 1. The van der Waals surface area contributed by atoms with Gasteiger partial charge in [-0.05, 0) is 17.9 Å². The molecule has 0 radical (unpaired) electrons. The van der Waals surface area contributed by atoms with Crippen LogP contribution in [-0.2, 0) is 16.1 Å². The van der Waals surface area contributed by atoms with Gasteiger partial charge in [0.2, 0.25) is 5.91 Å². The van der Waals surface area contributed by atoms with Gasteiger partial charge >= 0.3 is 0 Å². The normalized spacial score (nSPS) is 19.8. The summed E-state index contributed by atoms with van der Waals surface area (Å²) in [6.07, 6.45) is 1.63. The summed E-state index contributed by atoms with van der Waals surface area (Å²) in [7, 11) is 0. The van der Waals surface area contributed by atoms with E-state index in [1.807, 2.05) is 18.2 Å². The van der Waals surface area contributed by atoms with E-state index in [4.69, 9.17) is 4.74 Å². The van der Waals surface area contributed by atoms with Crippen LogP contribution in [0.2, 0.25) is 0 Å². The molecule has 1 amide bonds. The molecular weight excluding hydrogens is 202 g/mol. The minimum atomic E-state index is 0.174. The second-order valence-electron chi connectivity index (χ2n) is 4.20. The lowest BCUT2D eigenvalue weighted by atomic mass is 10.1. The van der Waals surface area contributed by atoms with E-state index in [0.29, 0.717) is 18.9 Å². The lowest BCUT2D eigenvalue weighted by Crippen LogP contribution is -2.14. The van der Waals surface area contributed by atoms with Gasteiger partial charge in [0.25, 0.3) is 0 Å². The van der Waals surface area contributed by atoms with Crippen molar-refractivity contribution in [2.24, 2.45) is 5.92 Å². The van der Waals surface area contributed by atoms with Gasteiger partial charge in [0.1, 0.15) is 0 Å². The molecule has 1 heterocycles. The molecule has 0 spiro atoms. The molecular formula is C13H17NO2. The van der Waals surface area contributed by atoms with Gasteiger partial charge in [0.05, 0.1) is 6.61 Å². The molecule has 1 fully saturated rings. The highest BCUT2D eigenvalue weighted by atomic mass is 16.5. The number of rotatable bonds is 5. The molecule has 0 unspecified atom stereocenters. The first-order valence-electron chi connectivity index (χ1n) is 5.73. The van der Waals surface area contributed by atoms with Crippen molar-refractivity contribution in [1.29, 1.82) is 0 Å². The Labute approximate surface area is 95.8 Å². The van der Waals surface area contributed by atoms with Crippen molar-refractivity contribution in [3.8, 4) is 0 Å². The summed E-state index contributed by atoms with van der Waals surface area (Å²) in [4.78, 5) is 11.0. The molecule has 0 aromatic heterocycles. The largest absolute Gasteiger partial charge is 0.377 e. The van der Waals surface area contributed by atoms with Gasteiger partial charge in [0, 0.05) is 19.6 Å². The Bertz CT molecular complexity index is 337. The van der Waals surface area contributed by atoms with Crippen molar-refractivity contribution in [2.45, 2.75) is 19.4 Å². The summed E-state index contributed by atoms with van der Waals surface area (Å²) >= 11 is 0. The summed E-state index contributed by atoms with van der Waals surface area (Å²) in [5.74, 6) is 0.635. The molecule has 86 valence electrons. The fourth-order valence-electron chi connectivity index (χ4n) is 1.88. The lowest BCUT2D eigenvalue weighted by molar-refractivity contribution is -0.119. The van der Waals surface area contributed by atoms with Crippen LogP contribution in [0.1, 0.15) is 18.4 Å². The number of hydrogen-bond acceptors (Lipinski definition) is 2. The van der Waals surface area contributed by atoms with Crippen LogP contribution in [0.4, 0.5) is 0 Å². The second kappa shape index (κ2) is 5.66. The Balaban J connectivity index is 1.60. The van der Waals surface area contributed by atoms with Crippen molar-refractivity contribution in [3.05, 3.63) is 35.9 Å². The third kappa shape index (κ3) is 3.35. The van der Waals surface area contributed by atoms with Crippen molar-refractivity contribution in [3.63, 3.8) is 0 Å². The average molecular weight is 219 g/mol. The molecule has 0 bridgehead atoms. The zero-order valence-corrected chi connectivity index (χ0v) is 9.32. The average Bonchev–Trinajstić information content (AvgIpc) is 2.72. The van der Waals surface area contributed by atoms with E-state index in [2.05, 4.69) is 17.4 Å². The molecule has 1 aliphatic rings. The molecule has 3 heteroatoms. The maximum absolute atomic E-state index is 11.0. The fraction of sp³-hybridized carbons (Fsp3) is 0.462. The maximum Gasteiger partial charge on any atom is 0.220 e. The predicted molar refractivity (Wildman–Crippen MR) is 61.8 cm³/mol. The molecule has 0 saturated carbocycles. The van der Waals surface area contributed by atoms with E-state index in [-0.39, 0.29) is 5.91 Å². The van der Waals surface area contributed by atoms with Crippen molar-refractivity contribution in [2.75, 3.05) is 13.2 Å². The smallest absolute Gasteiger partial charge is 0.220 e. The molecule has 2 rings (SSSR count). The van der Waals surface area contributed by atoms with Gasteiger partial charge in [-0.2, -0.15) is 0 Å². The highest BCUT2D eigenvalue weighted by Gasteiger charge is 2.20. The Morgan fingerprint density at radius 3 is 2.81 bits per heavy atom. The number of carbonyl (C=O) groups is 1. The Kier molecular flexibility index (Phi) is 3.94. The van der Waals surface area contributed by atoms with Crippen LogP contribution >= 0.6 is 0 Å². The van der Waals surface area contributed by atoms with E-state index in [9.17, 15) is 4.79 Å². The SMILES string of the molecule is O=C1C[C@H](CCOCc2ccccc2)CN1. The first-order chi connectivity index (χ1) is 7.84. The fourth-order valence-corrected chi connectivity index (χ4v) is 1.88. The zero-order chi connectivity index (χ0) is 11.2. The Hall–Kier alpha value is -1.35. The summed E-state index contributed by atoms with van der Waals surface area (Å²) in [5.41, 5.74) is 1.20. The van der Waals surface area contributed by atoms with Gasteiger partial charge in [-0.1, -0.05) is 30.3 Å². The zero-order valence-electron chi connectivity index (χ0n) is 9.32. The van der Waals surface area contributed by atoms with Crippen LogP contribution in [0.15, 0.2) is 30.3 Å². The molecule has 1 aromatic carbocycles. The van der Waals surface area contributed by atoms with Gasteiger partial charge in [-0.15, -0.1) is 0 Å². The minimum Gasteiger partial charge on any atom is -0.377 e. The van der Waals surface area contributed by atoms with Crippen molar-refractivity contribution in [1.82, 2.24) is 5.32 Å². The van der Waals surface area contributed by atoms with E-state index in [1.165, 1.54) is 5.56 Å². The monoisotopic (exact) mass is 219 g/mol. The lowest BCUT2D eigenvalue weighted by Gasteiger charge is -2.07. The number of carbonyl (C=O) groups excluding carboxylic acids is 1. The minimum absolute atomic E-state index is 0.174. The molecule has 1 aromatic rings. The topological polar surface area (TPSA) is 38.3 Å². The third-order valence-electron chi connectivity index (χ3n) is 2.84. The van der Waals surface area contributed by atoms with Crippen LogP contribution in [0, 0.1) is 5.92 Å². The number of amides is 1. The van der Waals surface area contributed by atoms with Crippen molar-refractivity contribution >= 4 is 5.91 Å². The van der Waals surface area contributed by atoms with Crippen LogP contribution in [0.5, 0.6) is 0 Å². The summed E-state index contributed by atoms with van der Waals surface area (Å²) in [6, 6.07) is 10.1. The summed E-state index contributed by atoms with van der Waals surface area (Å²) in [5, 5.41) is 2.83. The molecule has 3 nitrogen and oxygen atoms in total. The highest BCUT2D eigenvalue weighted by Crippen LogP contribution is 2.13. The quantitative estimate of drug-likeness (QED) is 0.766. The second-order valence-corrected chi connectivity index (χ2v) is 4.20. The van der Waals surface area contributed by atoms with Gasteiger partial charge < -0.3 is 10.1 Å². The third-order valence-corrected chi connectivity index (χ3v) is 2.84. The number of nitrogens with one attached hydrogen (secondary N) is 1. The summed E-state index contributed by atoms with van der Waals surface area (Å²) in [6.45, 7) is 2.21. The van der Waals surface area contributed by atoms with E-state index < -0.39 is 0 Å². The molecule has 0 aliphatic carbocycles. The Morgan fingerprint density at radius 1 is 1.31 bits per heavy atom. The number of benzene rings is 1. The van der Waals surface area contributed by atoms with E-state index in [0.717, 1.165) is 19.6 Å². The van der Waals surface area contributed by atoms with E-state index in [1.54, 1.807) is 0 Å². The molecule has 16 heavy (non-hydrogen) atoms. The predicted octanol–water partition coefficient (Wildman–Crippen LogP) is 1.73. The van der Waals surface area contributed by atoms with Crippen molar-refractivity contribution < 1.29 is 9.53 Å². The maximum atomic E-state index is 11.0. The Morgan fingerprint density at radius 2 is 2.12 bits per heavy atom. The molecule has 1 saturated heterocycles. The van der Waals surface area contributed by atoms with Crippen LogP contribution in [0.3, 0.4) is 0 Å². The van der Waals surface area contributed by atoms with Crippen LogP contribution < -0.4 is 5.32 Å². The molecule has 1 aliphatic heterocycles. The molecule has 1 N–H and O–H groups in total.